The molecule has 3 rings (SSSR count). The van der Waals surface area contributed by atoms with Gasteiger partial charge in [-0.15, -0.1) is 0 Å². The first-order valence-electron chi connectivity index (χ1n) is 6.48. The van der Waals surface area contributed by atoms with E-state index in [1.54, 1.807) is 6.07 Å². The Morgan fingerprint density at radius 2 is 1.67 bits per heavy atom. The van der Waals surface area contributed by atoms with Crippen LogP contribution in [0.3, 0.4) is 0 Å². The third kappa shape index (κ3) is 3.06. The summed E-state index contributed by atoms with van der Waals surface area (Å²) < 4.78 is 5.60. The number of aromatic hydroxyl groups is 1. The van der Waals surface area contributed by atoms with Crippen LogP contribution in [-0.2, 0) is 19.5 Å². The van der Waals surface area contributed by atoms with Gasteiger partial charge in [0.05, 0.1) is 11.3 Å². The Labute approximate surface area is 136 Å². The van der Waals surface area contributed by atoms with Crippen LogP contribution >= 0.6 is 0 Å². The molecule has 4 heteroatoms. The van der Waals surface area contributed by atoms with Crippen molar-refractivity contribution in [1.82, 2.24) is 4.98 Å². The summed E-state index contributed by atoms with van der Waals surface area (Å²) in [5.74, 6) is 1.39. The van der Waals surface area contributed by atoms with Crippen molar-refractivity contribution in [3.63, 3.8) is 0 Å². The Morgan fingerprint density at radius 1 is 0.952 bits per heavy atom. The standard InChI is InChI=1S/C17H15NO2.Zn/c1-11-12(2)20-17(18-11)15-10-14(8-9-16(15)19)13-6-4-3-5-7-13;/h3-10,19H,1-2H3;. The van der Waals surface area contributed by atoms with Gasteiger partial charge in [-0.3, -0.25) is 0 Å². The third-order valence-corrected chi connectivity index (χ3v) is 3.36. The van der Waals surface area contributed by atoms with Gasteiger partial charge in [-0.05, 0) is 37.1 Å². The van der Waals surface area contributed by atoms with Crippen LogP contribution in [0.15, 0.2) is 52.9 Å². The maximum atomic E-state index is 10.0. The SMILES string of the molecule is Cc1nc(-c2cc(-c3ccccc3)ccc2O)oc1C.[Zn]. The molecule has 0 unspecified atom stereocenters. The van der Waals surface area contributed by atoms with Crippen LogP contribution in [0.4, 0.5) is 0 Å². The maximum Gasteiger partial charge on any atom is 0.230 e. The quantitative estimate of drug-likeness (QED) is 0.711. The molecule has 102 valence electrons. The molecule has 0 bridgehead atoms. The summed E-state index contributed by atoms with van der Waals surface area (Å²) in [6.45, 7) is 3.75. The number of aryl methyl sites for hydroxylation is 2. The van der Waals surface area contributed by atoms with Gasteiger partial charge in [-0.1, -0.05) is 36.4 Å². The number of nitrogens with zero attached hydrogens (tertiary/aromatic N) is 1. The van der Waals surface area contributed by atoms with Gasteiger partial charge < -0.3 is 9.52 Å². The van der Waals surface area contributed by atoms with Crippen LogP contribution in [0, 0.1) is 13.8 Å². The van der Waals surface area contributed by atoms with Crippen molar-refractivity contribution in [1.29, 1.82) is 0 Å². The second-order valence-electron chi connectivity index (χ2n) is 4.76. The fourth-order valence-electron chi connectivity index (χ4n) is 2.11. The average Bonchev–Trinajstić information content (AvgIpc) is 2.80. The normalized spacial score (nSPS) is 10.2. The first-order valence-corrected chi connectivity index (χ1v) is 6.48. The van der Waals surface area contributed by atoms with Gasteiger partial charge in [0.25, 0.3) is 0 Å². The van der Waals surface area contributed by atoms with E-state index >= 15 is 0 Å². The molecule has 1 N–H and O–H groups in total. The molecule has 3 aromatic rings. The van der Waals surface area contributed by atoms with Crippen molar-refractivity contribution < 1.29 is 29.0 Å². The number of benzene rings is 2. The average molecular weight is 331 g/mol. The molecule has 0 spiro atoms. The summed E-state index contributed by atoms with van der Waals surface area (Å²) in [6.07, 6.45) is 0. The molecule has 0 aliphatic rings. The number of hydrogen-bond donors (Lipinski definition) is 1. The minimum atomic E-state index is 0. The van der Waals surface area contributed by atoms with Crippen molar-refractivity contribution in [3.8, 4) is 28.3 Å². The Balaban J connectivity index is 0.00000161. The Bertz CT molecular complexity index is 731. The van der Waals surface area contributed by atoms with E-state index in [1.807, 2.05) is 56.3 Å². The monoisotopic (exact) mass is 329 g/mol. The summed E-state index contributed by atoms with van der Waals surface area (Å²) in [6, 6.07) is 15.5. The van der Waals surface area contributed by atoms with Gasteiger partial charge >= 0.3 is 0 Å². The molecule has 0 saturated carbocycles. The van der Waals surface area contributed by atoms with Crippen molar-refractivity contribution in [3.05, 3.63) is 60.0 Å². The largest absolute Gasteiger partial charge is 0.507 e. The Hall–Kier alpha value is -1.93. The summed E-state index contributed by atoms with van der Waals surface area (Å²) in [4.78, 5) is 4.35. The van der Waals surface area contributed by atoms with Gasteiger partial charge in [-0.25, -0.2) is 4.98 Å². The predicted octanol–water partition coefficient (Wildman–Crippen LogP) is 4.33. The molecule has 1 aromatic heterocycles. The molecule has 3 nitrogen and oxygen atoms in total. The summed E-state index contributed by atoms with van der Waals surface area (Å²) >= 11 is 0. The van der Waals surface area contributed by atoms with E-state index < -0.39 is 0 Å². The van der Waals surface area contributed by atoms with Crippen LogP contribution < -0.4 is 0 Å². The van der Waals surface area contributed by atoms with Gasteiger partial charge in [0.2, 0.25) is 5.89 Å². The van der Waals surface area contributed by atoms with Gasteiger partial charge in [-0.2, -0.15) is 0 Å². The van der Waals surface area contributed by atoms with Crippen molar-refractivity contribution >= 4 is 0 Å². The molecule has 0 amide bonds. The molecular weight excluding hydrogens is 316 g/mol. The van der Waals surface area contributed by atoms with Crippen LogP contribution in [0.1, 0.15) is 11.5 Å². The van der Waals surface area contributed by atoms with Crippen molar-refractivity contribution in [2.75, 3.05) is 0 Å². The maximum absolute atomic E-state index is 10.0. The minimum Gasteiger partial charge on any atom is -0.507 e. The fourth-order valence-corrected chi connectivity index (χ4v) is 2.11. The summed E-state index contributed by atoms with van der Waals surface area (Å²) in [7, 11) is 0. The number of phenolic OH excluding ortho intramolecular Hbond substituents is 1. The van der Waals surface area contributed by atoms with Crippen LogP contribution in [-0.4, -0.2) is 10.1 Å². The molecule has 0 radical (unpaired) electrons. The molecule has 21 heavy (non-hydrogen) atoms. The fraction of sp³-hybridized carbons (Fsp3) is 0.118. The predicted molar refractivity (Wildman–Crippen MR) is 78.5 cm³/mol. The molecular formula is C17H15NO2Zn. The first kappa shape index (κ1) is 15.5. The van der Waals surface area contributed by atoms with Crippen molar-refractivity contribution in [2.24, 2.45) is 0 Å². The first-order chi connectivity index (χ1) is 9.65. The Morgan fingerprint density at radius 3 is 2.29 bits per heavy atom. The topological polar surface area (TPSA) is 46.3 Å². The van der Waals surface area contributed by atoms with E-state index in [9.17, 15) is 5.11 Å². The molecule has 1 heterocycles. The van der Waals surface area contributed by atoms with Gasteiger partial charge in [0, 0.05) is 19.5 Å². The van der Waals surface area contributed by atoms with E-state index in [-0.39, 0.29) is 25.2 Å². The van der Waals surface area contributed by atoms with E-state index in [4.69, 9.17) is 4.42 Å². The molecule has 2 aromatic carbocycles. The molecule has 0 saturated heterocycles. The zero-order valence-electron chi connectivity index (χ0n) is 12.1. The molecule has 0 fully saturated rings. The molecule has 0 aliphatic heterocycles. The second-order valence-corrected chi connectivity index (χ2v) is 4.76. The number of hydrogen-bond acceptors (Lipinski definition) is 3. The zero-order valence-corrected chi connectivity index (χ0v) is 15.1. The number of phenols is 1. The zero-order chi connectivity index (χ0) is 14.1. The second kappa shape index (κ2) is 6.23. The van der Waals surface area contributed by atoms with Crippen LogP contribution in [0.5, 0.6) is 5.75 Å². The van der Waals surface area contributed by atoms with Crippen LogP contribution in [0.2, 0.25) is 0 Å². The van der Waals surface area contributed by atoms with E-state index in [0.29, 0.717) is 11.5 Å². The van der Waals surface area contributed by atoms with Crippen LogP contribution in [0.25, 0.3) is 22.6 Å². The number of rotatable bonds is 2. The molecule has 0 atom stereocenters. The van der Waals surface area contributed by atoms with Gasteiger partial charge in [0.1, 0.15) is 11.5 Å². The van der Waals surface area contributed by atoms with E-state index in [1.165, 1.54) is 0 Å². The summed E-state index contributed by atoms with van der Waals surface area (Å²) in [5.41, 5.74) is 3.56. The third-order valence-electron chi connectivity index (χ3n) is 3.36. The van der Waals surface area contributed by atoms with E-state index in [0.717, 1.165) is 22.6 Å². The van der Waals surface area contributed by atoms with Crippen molar-refractivity contribution in [2.45, 2.75) is 13.8 Å². The van der Waals surface area contributed by atoms with E-state index in [2.05, 4.69) is 4.98 Å². The molecule has 0 aliphatic carbocycles. The number of aromatic nitrogens is 1. The minimum absolute atomic E-state index is 0. The Kier molecular flexibility index (Phi) is 4.59. The smallest absolute Gasteiger partial charge is 0.230 e. The summed E-state index contributed by atoms with van der Waals surface area (Å²) in [5, 5.41) is 10.0. The number of oxazole rings is 1. The van der Waals surface area contributed by atoms with Gasteiger partial charge in [0.15, 0.2) is 0 Å².